The topological polar surface area (TPSA) is 44.8 Å². The van der Waals surface area contributed by atoms with E-state index >= 15 is 0 Å². The van der Waals surface area contributed by atoms with Crippen LogP contribution in [0.4, 0.5) is 0 Å². The first-order valence-corrected chi connectivity index (χ1v) is 6.87. The fraction of sp³-hybridized carbons (Fsp3) is 0.467. The summed E-state index contributed by atoms with van der Waals surface area (Å²) in [5, 5.41) is 7.22. The summed E-state index contributed by atoms with van der Waals surface area (Å²) >= 11 is 0. The molecule has 3 heterocycles. The molecular formula is C15H20N4. The largest absolute Gasteiger partial charge is 0.299 e. The summed E-state index contributed by atoms with van der Waals surface area (Å²) < 4.78 is 0. The van der Waals surface area contributed by atoms with Gasteiger partial charge in [-0.15, -0.1) is 0 Å². The van der Waals surface area contributed by atoms with Crippen LogP contribution in [0.25, 0.3) is 0 Å². The standard InChI is InChI=1S/C15H20N4/c1-15(14-4-8-17-18-14)5-9-19(10-6-15)12-13-3-2-7-16-11-13/h2-4,7-8,11H,5-6,9-10,12H2,1H3,(H,17,18). The Kier molecular flexibility index (Phi) is 3.34. The summed E-state index contributed by atoms with van der Waals surface area (Å²) in [6, 6.07) is 6.26. The number of hydrogen-bond donors (Lipinski definition) is 1. The zero-order valence-corrected chi connectivity index (χ0v) is 11.3. The minimum atomic E-state index is 0.252. The van der Waals surface area contributed by atoms with Crippen LogP contribution in [0.5, 0.6) is 0 Å². The molecule has 1 fully saturated rings. The molecule has 2 aromatic heterocycles. The van der Waals surface area contributed by atoms with Crippen molar-refractivity contribution in [3.05, 3.63) is 48.0 Å². The molecule has 0 unspecified atom stereocenters. The molecule has 1 saturated heterocycles. The summed E-state index contributed by atoms with van der Waals surface area (Å²) in [4.78, 5) is 6.69. The minimum absolute atomic E-state index is 0.252. The number of H-pyrrole nitrogens is 1. The molecule has 19 heavy (non-hydrogen) atoms. The molecule has 1 N–H and O–H groups in total. The monoisotopic (exact) mass is 256 g/mol. The van der Waals surface area contributed by atoms with Crippen molar-refractivity contribution in [1.82, 2.24) is 20.1 Å². The average Bonchev–Trinajstić information content (AvgIpc) is 2.98. The van der Waals surface area contributed by atoms with Crippen LogP contribution in [0.1, 0.15) is 31.0 Å². The van der Waals surface area contributed by atoms with Gasteiger partial charge in [-0.25, -0.2) is 0 Å². The molecule has 1 aliphatic rings. The molecule has 100 valence electrons. The summed E-state index contributed by atoms with van der Waals surface area (Å²) in [5.74, 6) is 0. The number of rotatable bonds is 3. The van der Waals surface area contributed by atoms with Crippen LogP contribution in [0.15, 0.2) is 36.8 Å². The normalized spacial score (nSPS) is 19.4. The maximum absolute atomic E-state index is 4.18. The van der Waals surface area contributed by atoms with Gasteiger partial charge in [0.25, 0.3) is 0 Å². The van der Waals surface area contributed by atoms with E-state index in [-0.39, 0.29) is 5.41 Å². The van der Waals surface area contributed by atoms with E-state index in [1.807, 2.05) is 24.7 Å². The van der Waals surface area contributed by atoms with Gasteiger partial charge in [0, 0.05) is 36.2 Å². The van der Waals surface area contributed by atoms with Gasteiger partial charge in [-0.2, -0.15) is 5.10 Å². The summed E-state index contributed by atoms with van der Waals surface area (Å²) in [7, 11) is 0. The first-order valence-electron chi connectivity index (χ1n) is 6.87. The van der Waals surface area contributed by atoms with Crippen LogP contribution in [0, 0.1) is 0 Å². The van der Waals surface area contributed by atoms with Crippen LogP contribution in [-0.4, -0.2) is 33.2 Å². The number of piperidine rings is 1. The molecular weight excluding hydrogens is 236 g/mol. The SMILES string of the molecule is CC1(c2ccn[nH]2)CCN(Cc2cccnc2)CC1. The van der Waals surface area contributed by atoms with E-state index in [1.165, 1.54) is 24.1 Å². The van der Waals surface area contributed by atoms with E-state index in [4.69, 9.17) is 0 Å². The molecule has 0 atom stereocenters. The van der Waals surface area contributed by atoms with Crippen molar-refractivity contribution in [3.63, 3.8) is 0 Å². The van der Waals surface area contributed by atoms with Gasteiger partial charge < -0.3 is 0 Å². The molecule has 0 spiro atoms. The highest BCUT2D eigenvalue weighted by atomic mass is 15.1. The van der Waals surface area contributed by atoms with Crippen molar-refractivity contribution in [1.29, 1.82) is 0 Å². The molecule has 4 heteroatoms. The third-order valence-corrected chi connectivity index (χ3v) is 4.24. The van der Waals surface area contributed by atoms with Gasteiger partial charge in [0.15, 0.2) is 0 Å². The molecule has 0 saturated carbocycles. The van der Waals surface area contributed by atoms with Crippen molar-refractivity contribution >= 4 is 0 Å². The number of aromatic amines is 1. The Labute approximate surface area is 113 Å². The molecule has 0 aromatic carbocycles. The van der Waals surface area contributed by atoms with Crippen molar-refractivity contribution < 1.29 is 0 Å². The molecule has 4 nitrogen and oxygen atoms in total. The van der Waals surface area contributed by atoms with Crippen molar-refractivity contribution in [3.8, 4) is 0 Å². The second-order valence-corrected chi connectivity index (χ2v) is 5.67. The third-order valence-electron chi connectivity index (χ3n) is 4.24. The summed E-state index contributed by atoms with van der Waals surface area (Å²) in [6.45, 7) is 5.60. The minimum Gasteiger partial charge on any atom is -0.299 e. The Morgan fingerprint density at radius 2 is 2.11 bits per heavy atom. The van der Waals surface area contributed by atoms with E-state index in [0.717, 1.165) is 19.6 Å². The number of pyridine rings is 1. The van der Waals surface area contributed by atoms with E-state index in [1.54, 1.807) is 0 Å². The van der Waals surface area contributed by atoms with Crippen molar-refractivity contribution in [2.75, 3.05) is 13.1 Å². The van der Waals surface area contributed by atoms with Gasteiger partial charge in [0.2, 0.25) is 0 Å². The van der Waals surface area contributed by atoms with Gasteiger partial charge >= 0.3 is 0 Å². The lowest BCUT2D eigenvalue weighted by Gasteiger charge is -2.38. The molecule has 0 amide bonds. The maximum atomic E-state index is 4.18. The Morgan fingerprint density at radius 1 is 1.26 bits per heavy atom. The lowest BCUT2D eigenvalue weighted by atomic mass is 9.77. The zero-order valence-electron chi connectivity index (χ0n) is 11.3. The molecule has 0 aliphatic carbocycles. The average molecular weight is 256 g/mol. The predicted octanol–water partition coefficient (Wildman–Crippen LogP) is 2.36. The fourth-order valence-electron chi connectivity index (χ4n) is 2.82. The molecule has 2 aromatic rings. The summed E-state index contributed by atoms with van der Waals surface area (Å²) in [6.07, 6.45) is 7.99. The van der Waals surface area contributed by atoms with Crippen LogP contribution in [-0.2, 0) is 12.0 Å². The predicted molar refractivity (Wildman–Crippen MR) is 74.7 cm³/mol. The lowest BCUT2D eigenvalue weighted by molar-refractivity contribution is 0.159. The zero-order chi connectivity index (χ0) is 13.1. The highest BCUT2D eigenvalue weighted by molar-refractivity contribution is 5.15. The van der Waals surface area contributed by atoms with Gasteiger partial charge in [-0.1, -0.05) is 13.0 Å². The Hall–Kier alpha value is -1.68. The first-order chi connectivity index (χ1) is 9.26. The molecule has 1 aliphatic heterocycles. The highest BCUT2D eigenvalue weighted by Gasteiger charge is 2.32. The van der Waals surface area contributed by atoms with Gasteiger partial charge in [-0.3, -0.25) is 15.0 Å². The number of likely N-dealkylation sites (tertiary alicyclic amines) is 1. The third kappa shape index (κ3) is 2.68. The van der Waals surface area contributed by atoms with Crippen LogP contribution < -0.4 is 0 Å². The van der Waals surface area contributed by atoms with Crippen LogP contribution in [0.3, 0.4) is 0 Å². The fourth-order valence-corrected chi connectivity index (χ4v) is 2.82. The summed E-state index contributed by atoms with van der Waals surface area (Å²) in [5.41, 5.74) is 2.82. The number of aromatic nitrogens is 3. The van der Waals surface area contributed by atoms with E-state index < -0.39 is 0 Å². The first kappa shape index (κ1) is 12.4. The quantitative estimate of drug-likeness (QED) is 0.917. The second kappa shape index (κ2) is 5.13. The van der Waals surface area contributed by atoms with Gasteiger partial charge in [0.05, 0.1) is 0 Å². The molecule has 0 radical (unpaired) electrons. The Bertz CT molecular complexity index is 498. The van der Waals surface area contributed by atoms with Crippen molar-refractivity contribution in [2.45, 2.75) is 31.7 Å². The maximum Gasteiger partial charge on any atom is 0.0490 e. The lowest BCUT2D eigenvalue weighted by Crippen LogP contribution is -2.40. The van der Waals surface area contributed by atoms with Gasteiger partial charge in [0.1, 0.15) is 0 Å². The second-order valence-electron chi connectivity index (χ2n) is 5.67. The number of nitrogens with one attached hydrogen (secondary N) is 1. The van der Waals surface area contributed by atoms with E-state index in [2.05, 4.69) is 39.1 Å². The number of nitrogens with zero attached hydrogens (tertiary/aromatic N) is 3. The Balaban J connectivity index is 1.61. The Morgan fingerprint density at radius 3 is 2.74 bits per heavy atom. The smallest absolute Gasteiger partial charge is 0.0490 e. The van der Waals surface area contributed by atoms with E-state index in [0.29, 0.717) is 0 Å². The highest BCUT2D eigenvalue weighted by Crippen LogP contribution is 2.33. The van der Waals surface area contributed by atoms with Crippen molar-refractivity contribution in [2.24, 2.45) is 0 Å². The molecule has 0 bridgehead atoms. The number of hydrogen-bond acceptors (Lipinski definition) is 3. The van der Waals surface area contributed by atoms with Gasteiger partial charge in [-0.05, 0) is 43.6 Å². The van der Waals surface area contributed by atoms with Crippen LogP contribution in [0.2, 0.25) is 0 Å². The van der Waals surface area contributed by atoms with Crippen LogP contribution >= 0.6 is 0 Å². The van der Waals surface area contributed by atoms with E-state index in [9.17, 15) is 0 Å². The molecule has 3 rings (SSSR count).